The molecular formula is C13H26N2O2. The maximum Gasteiger partial charge on any atom is 0.0791 e. The zero-order valence-electron chi connectivity index (χ0n) is 10.6. The van der Waals surface area contributed by atoms with E-state index in [0.717, 1.165) is 38.9 Å². The highest BCUT2D eigenvalue weighted by Crippen LogP contribution is 2.18. The molecule has 1 heterocycles. The van der Waals surface area contributed by atoms with Gasteiger partial charge in [0.25, 0.3) is 0 Å². The van der Waals surface area contributed by atoms with E-state index in [4.69, 9.17) is 0 Å². The molecule has 2 rings (SSSR count). The summed E-state index contributed by atoms with van der Waals surface area (Å²) in [6, 6.07) is 0.192. The normalized spacial score (nSPS) is 32.8. The maximum atomic E-state index is 9.94. The van der Waals surface area contributed by atoms with E-state index in [1.165, 1.54) is 19.3 Å². The van der Waals surface area contributed by atoms with E-state index in [1.807, 2.05) is 0 Å². The van der Waals surface area contributed by atoms with E-state index >= 15 is 0 Å². The van der Waals surface area contributed by atoms with Gasteiger partial charge in [-0.05, 0) is 38.8 Å². The molecule has 0 radical (unpaired) electrons. The van der Waals surface area contributed by atoms with Crippen LogP contribution in [0.4, 0.5) is 0 Å². The highest BCUT2D eigenvalue weighted by atomic mass is 16.3. The summed E-state index contributed by atoms with van der Waals surface area (Å²) in [5.74, 6) is 0. The molecule has 0 bridgehead atoms. The molecule has 0 aromatic carbocycles. The highest BCUT2D eigenvalue weighted by molar-refractivity contribution is 4.82. The summed E-state index contributed by atoms with van der Waals surface area (Å²) in [4.78, 5) is 2.32. The average Bonchev–Trinajstić information content (AvgIpc) is 2.81. The average molecular weight is 242 g/mol. The SMILES string of the molecule is OC(CNC1CCCCC1O)CN1CCCC1. The summed E-state index contributed by atoms with van der Waals surface area (Å²) in [5, 5.41) is 23.1. The van der Waals surface area contributed by atoms with E-state index < -0.39 is 0 Å². The van der Waals surface area contributed by atoms with Gasteiger partial charge in [0, 0.05) is 19.1 Å². The highest BCUT2D eigenvalue weighted by Gasteiger charge is 2.23. The van der Waals surface area contributed by atoms with Crippen molar-refractivity contribution in [3.8, 4) is 0 Å². The summed E-state index contributed by atoms with van der Waals surface area (Å²) in [5.41, 5.74) is 0. The summed E-state index contributed by atoms with van der Waals surface area (Å²) in [6.07, 6.45) is 6.28. The number of likely N-dealkylation sites (tertiary alicyclic amines) is 1. The van der Waals surface area contributed by atoms with Crippen LogP contribution in [0.1, 0.15) is 38.5 Å². The Bertz CT molecular complexity index is 219. The van der Waals surface area contributed by atoms with Crippen LogP contribution < -0.4 is 5.32 Å². The quantitative estimate of drug-likeness (QED) is 0.650. The number of nitrogens with zero attached hydrogens (tertiary/aromatic N) is 1. The van der Waals surface area contributed by atoms with Gasteiger partial charge >= 0.3 is 0 Å². The molecule has 1 aliphatic carbocycles. The number of hydrogen-bond donors (Lipinski definition) is 3. The fourth-order valence-electron chi connectivity index (χ4n) is 2.96. The van der Waals surface area contributed by atoms with Crippen molar-refractivity contribution in [1.82, 2.24) is 10.2 Å². The lowest BCUT2D eigenvalue weighted by Gasteiger charge is -2.30. The summed E-state index contributed by atoms with van der Waals surface area (Å²) in [6.45, 7) is 3.64. The maximum absolute atomic E-state index is 9.94. The smallest absolute Gasteiger partial charge is 0.0791 e. The van der Waals surface area contributed by atoms with Crippen LogP contribution in [0.2, 0.25) is 0 Å². The van der Waals surface area contributed by atoms with E-state index in [1.54, 1.807) is 0 Å². The molecule has 2 fully saturated rings. The first-order valence-electron chi connectivity index (χ1n) is 7.07. The van der Waals surface area contributed by atoms with Crippen LogP contribution in [-0.2, 0) is 0 Å². The van der Waals surface area contributed by atoms with Gasteiger partial charge in [-0.15, -0.1) is 0 Å². The van der Waals surface area contributed by atoms with E-state index in [9.17, 15) is 10.2 Å². The van der Waals surface area contributed by atoms with Crippen molar-refractivity contribution >= 4 is 0 Å². The van der Waals surface area contributed by atoms with Gasteiger partial charge < -0.3 is 20.4 Å². The first kappa shape index (κ1) is 13.3. The van der Waals surface area contributed by atoms with Crippen LogP contribution in [0.25, 0.3) is 0 Å². The van der Waals surface area contributed by atoms with Gasteiger partial charge in [-0.25, -0.2) is 0 Å². The van der Waals surface area contributed by atoms with Crippen molar-refractivity contribution in [2.75, 3.05) is 26.2 Å². The van der Waals surface area contributed by atoms with Crippen molar-refractivity contribution in [2.45, 2.75) is 56.8 Å². The molecule has 1 aliphatic heterocycles. The second-order valence-electron chi connectivity index (χ2n) is 5.53. The van der Waals surface area contributed by atoms with E-state index in [0.29, 0.717) is 6.54 Å². The number of aliphatic hydroxyl groups is 2. The first-order valence-corrected chi connectivity index (χ1v) is 7.07. The van der Waals surface area contributed by atoms with Crippen molar-refractivity contribution in [1.29, 1.82) is 0 Å². The van der Waals surface area contributed by atoms with Crippen LogP contribution >= 0.6 is 0 Å². The standard InChI is InChI=1S/C13H26N2O2/c16-11(10-15-7-3-4-8-15)9-14-12-5-1-2-6-13(12)17/h11-14,16-17H,1-10H2. The van der Waals surface area contributed by atoms with Crippen LogP contribution in [0.15, 0.2) is 0 Å². The third-order valence-corrected chi connectivity index (χ3v) is 4.01. The van der Waals surface area contributed by atoms with Crippen LogP contribution in [-0.4, -0.2) is 59.5 Å². The van der Waals surface area contributed by atoms with E-state index in [2.05, 4.69) is 10.2 Å². The lowest BCUT2D eigenvalue weighted by molar-refractivity contribution is 0.0726. The van der Waals surface area contributed by atoms with Crippen molar-refractivity contribution in [3.05, 3.63) is 0 Å². The zero-order chi connectivity index (χ0) is 12.1. The lowest BCUT2D eigenvalue weighted by atomic mass is 9.92. The fourth-order valence-corrected chi connectivity index (χ4v) is 2.96. The number of aliphatic hydroxyl groups excluding tert-OH is 2. The van der Waals surface area contributed by atoms with Crippen molar-refractivity contribution in [2.24, 2.45) is 0 Å². The molecule has 0 aromatic heterocycles. The van der Waals surface area contributed by atoms with Gasteiger partial charge in [0.15, 0.2) is 0 Å². The Morgan fingerprint density at radius 2 is 1.82 bits per heavy atom. The van der Waals surface area contributed by atoms with Crippen LogP contribution in [0, 0.1) is 0 Å². The molecule has 17 heavy (non-hydrogen) atoms. The number of β-amino-alcohol motifs (C(OH)–C–C–N with tert-alkyl or cyclic N) is 1. The Balaban J connectivity index is 1.62. The molecule has 3 N–H and O–H groups in total. The van der Waals surface area contributed by atoms with Gasteiger partial charge in [0.1, 0.15) is 0 Å². The van der Waals surface area contributed by atoms with Crippen LogP contribution in [0.3, 0.4) is 0 Å². The minimum absolute atomic E-state index is 0.192. The molecule has 0 amide bonds. The van der Waals surface area contributed by atoms with E-state index in [-0.39, 0.29) is 18.2 Å². The molecule has 4 nitrogen and oxygen atoms in total. The van der Waals surface area contributed by atoms with Crippen molar-refractivity contribution in [3.63, 3.8) is 0 Å². The minimum atomic E-state index is -0.303. The van der Waals surface area contributed by atoms with Crippen molar-refractivity contribution < 1.29 is 10.2 Å². The number of hydrogen-bond acceptors (Lipinski definition) is 4. The topological polar surface area (TPSA) is 55.7 Å². The van der Waals surface area contributed by atoms with Gasteiger partial charge in [0.2, 0.25) is 0 Å². The summed E-state index contributed by atoms with van der Waals surface area (Å²) >= 11 is 0. The van der Waals surface area contributed by atoms with Crippen LogP contribution in [0.5, 0.6) is 0 Å². The molecule has 1 saturated carbocycles. The van der Waals surface area contributed by atoms with Gasteiger partial charge in [-0.3, -0.25) is 0 Å². The predicted octanol–water partition coefficient (Wildman–Crippen LogP) is 0.336. The molecular weight excluding hydrogens is 216 g/mol. The third kappa shape index (κ3) is 4.21. The molecule has 2 aliphatic rings. The monoisotopic (exact) mass is 242 g/mol. The fraction of sp³-hybridized carbons (Fsp3) is 1.00. The molecule has 4 heteroatoms. The number of nitrogens with one attached hydrogen (secondary N) is 1. The Kier molecular flexibility index (Phi) is 5.22. The second-order valence-corrected chi connectivity index (χ2v) is 5.53. The third-order valence-electron chi connectivity index (χ3n) is 4.01. The molecule has 3 atom stereocenters. The summed E-state index contributed by atoms with van der Waals surface area (Å²) in [7, 11) is 0. The predicted molar refractivity (Wildman–Crippen MR) is 67.9 cm³/mol. The molecule has 1 saturated heterocycles. The lowest BCUT2D eigenvalue weighted by Crippen LogP contribution is -2.47. The Morgan fingerprint density at radius 1 is 1.12 bits per heavy atom. The Labute approximate surface area is 104 Å². The number of rotatable bonds is 5. The van der Waals surface area contributed by atoms with Gasteiger partial charge in [0.05, 0.1) is 12.2 Å². The zero-order valence-corrected chi connectivity index (χ0v) is 10.6. The first-order chi connectivity index (χ1) is 8.25. The molecule has 3 unspecified atom stereocenters. The Morgan fingerprint density at radius 3 is 2.53 bits per heavy atom. The molecule has 0 spiro atoms. The second kappa shape index (κ2) is 6.69. The minimum Gasteiger partial charge on any atom is -0.392 e. The Hall–Kier alpha value is -0.160. The summed E-state index contributed by atoms with van der Waals surface area (Å²) < 4.78 is 0. The largest absolute Gasteiger partial charge is 0.392 e. The van der Waals surface area contributed by atoms with Gasteiger partial charge in [-0.1, -0.05) is 12.8 Å². The molecule has 0 aromatic rings. The van der Waals surface area contributed by atoms with Gasteiger partial charge in [-0.2, -0.15) is 0 Å². The molecule has 100 valence electrons.